The molecule has 27 heavy (non-hydrogen) atoms. The second-order valence-corrected chi connectivity index (χ2v) is 7.14. The minimum Gasteiger partial charge on any atom is -0.495 e. The van der Waals surface area contributed by atoms with Gasteiger partial charge in [0.15, 0.2) is 0 Å². The molecule has 0 aromatic heterocycles. The maximum absolute atomic E-state index is 12.4. The lowest BCUT2D eigenvalue weighted by Crippen LogP contribution is -2.46. The van der Waals surface area contributed by atoms with Crippen molar-refractivity contribution in [2.75, 3.05) is 33.8 Å². The molecule has 0 spiro atoms. The maximum Gasteiger partial charge on any atom is 0.308 e. The first-order valence-corrected chi connectivity index (χ1v) is 9.26. The number of carbonyl (C=O) groups excluding carboxylic acids is 2. The van der Waals surface area contributed by atoms with E-state index in [9.17, 15) is 14.4 Å². The van der Waals surface area contributed by atoms with Gasteiger partial charge >= 0.3 is 5.97 Å². The fraction of sp³-hybridized carbons (Fsp3) is 0.526. The number of amides is 2. The van der Waals surface area contributed by atoms with Crippen LogP contribution in [0.15, 0.2) is 18.2 Å². The molecule has 1 fully saturated rings. The van der Waals surface area contributed by atoms with Crippen molar-refractivity contribution in [3.05, 3.63) is 28.8 Å². The Balaban J connectivity index is 1.83. The summed E-state index contributed by atoms with van der Waals surface area (Å²) in [5.74, 6) is -1.19. The number of likely N-dealkylation sites (N-methyl/N-ethyl adjacent to an activating group) is 1. The first-order valence-electron chi connectivity index (χ1n) is 8.88. The van der Waals surface area contributed by atoms with Gasteiger partial charge in [0.1, 0.15) is 5.75 Å². The lowest BCUT2D eigenvalue weighted by atomic mass is 9.98. The number of aliphatic carboxylic acids is 1. The monoisotopic (exact) mass is 396 g/mol. The molecule has 1 aromatic carbocycles. The van der Waals surface area contributed by atoms with Crippen molar-refractivity contribution in [1.82, 2.24) is 9.80 Å². The summed E-state index contributed by atoms with van der Waals surface area (Å²) < 4.78 is 5.10. The molecule has 2 rings (SSSR count). The van der Waals surface area contributed by atoms with Gasteiger partial charge in [-0.3, -0.25) is 14.4 Å². The first kappa shape index (κ1) is 21.0. The number of methoxy groups -OCH3 is 1. The summed E-state index contributed by atoms with van der Waals surface area (Å²) in [6.45, 7) is 0.698. The van der Waals surface area contributed by atoms with Crippen molar-refractivity contribution < 1.29 is 24.2 Å². The number of piperidine rings is 1. The van der Waals surface area contributed by atoms with Gasteiger partial charge in [-0.1, -0.05) is 17.7 Å². The number of carbonyl (C=O) groups is 3. The third kappa shape index (κ3) is 5.85. The van der Waals surface area contributed by atoms with Gasteiger partial charge in [-0.15, -0.1) is 0 Å². The molecular weight excluding hydrogens is 372 g/mol. The van der Waals surface area contributed by atoms with Gasteiger partial charge in [0, 0.05) is 26.6 Å². The van der Waals surface area contributed by atoms with Gasteiger partial charge in [0.25, 0.3) is 0 Å². The van der Waals surface area contributed by atoms with E-state index in [1.165, 1.54) is 16.9 Å². The van der Waals surface area contributed by atoms with Crippen LogP contribution in [0.2, 0.25) is 5.02 Å². The smallest absolute Gasteiger partial charge is 0.308 e. The molecule has 8 heteroatoms. The van der Waals surface area contributed by atoms with Crippen LogP contribution in [0.5, 0.6) is 5.75 Å². The SMILES string of the molecule is COc1ccc(CCC(=O)N(C)CC(=O)N2CCCC(C(=O)O)C2)cc1Cl. The van der Waals surface area contributed by atoms with E-state index in [1.54, 1.807) is 19.2 Å². The molecule has 1 unspecified atom stereocenters. The fourth-order valence-electron chi connectivity index (χ4n) is 3.10. The van der Waals surface area contributed by atoms with E-state index < -0.39 is 11.9 Å². The molecule has 1 aliphatic rings. The maximum atomic E-state index is 12.4. The van der Waals surface area contributed by atoms with Crippen LogP contribution in [0.25, 0.3) is 0 Å². The predicted molar refractivity (Wildman–Crippen MR) is 101 cm³/mol. The zero-order valence-corrected chi connectivity index (χ0v) is 16.4. The molecule has 1 heterocycles. The van der Waals surface area contributed by atoms with Crippen molar-refractivity contribution in [1.29, 1.82) is 0 Å². The van der Waals surface area contributed by atoms with E-state index in [2.05, 4.69) is 0 Å². The Labute approximate surface area is 163 Å². The number of carboxylic acids is 1. The van der Waals surface area contributed by atoms with Gasteiger partial charge in [-0.05, 0) is 37.0 Å². The molecule has 1 atom stereocenters. The van der Waals surface area contributed by atoms with Gasteiger partial charge in [-0.2, -0.15) is 0 Å². The molecule has 0 saturated carbocycles. The summed E-state index contributed by atoms with van der Waals surface area (Å²) in [4.78, 5) is 38.7. The van der Waals surface area contributed by atoms with Crippen LogP contribution < -0.4 is 4.74 Å². The summed E-state index contributed by atoms with van der Waals surface area (Å²) >= 11 is 6.08. The number of hydrogen-bond acceptors (Lipinski definition) is 4. The Morgan fingerprint density at radius 3 is 2.74 bits per heavy atom. The summed E-state index contributed by atoms with van der Waals surface area (Å²) in [5, 5.41) is 9.61. The van der Waals surface area contributed by atoms with Crippen molar-refractivity contribution in [3.63, 3.8) is 0 Å². The second-order valence-electron chi connectivity index (χ2n) is 6.74. The van der Waals surface area contributed by atoms with Crippen LogP contribution in [0.4, 0.5) is 0 Å². The lowest BCUT2D eigenvalue weighted by molar-refractivity contribution is -0.147. The Morgan fingerprint density at radius 1 is 1.37 bits per heavy atom. The van der Waals surface area contributed by atoms with E-state index >= 15 is 0 Å². The standard InChI is InChI=1S/C19H25ClN2O5/c1-21(12-18(24)22-9-3-4-14(11-22)19(25)26)17(23)8-6-13-5-7-16(27-2)15(20)10-13/h5,7,10,14H,3-4,6,8-9,11-12H2,1-2H3,(H,25,26). The van der Waals surface area contributed by atoms with Crippen LogP contribution >= 0.6 is 11.6 Å². The number of nitrogens with zero attached hydrogens (tertiary/aromatic N) is 2. The second kappa shape index (κ2) is 9.60. The fourth-order valence-corrected chi connectivity index (χ4v) is 3.38. The van der Waals surface area contributed by atoms with Crippen LogP contribution in [0.3, 0.4) is 0 Å². The highest BCUT2D eigenvalue weighted by Crippen LogP contribution is 2.25. The highest BCUT2D eigenvalue weighted by atomic mass is 35.5. The summed E-state index contributed by atoms with van der Waals surface area (Å²) in [6, 6.07) is 5.37. The molecule has 1 saturated heterocycles. The summed E-state index contributed by atoms with van der Waals surface area (Å²) in [7, 11) is 3.12. The van der Waals surface area contributed by atoms with Gasteiger partial charge < -0.3 is 19.6 Å². The number of aryl methyl sites for hydroxylation is 1. The van der Waals surface area contributed by atoms with Crippen LogP contribution in [-0.2, 0) is 20.8 Å². The number of likely N-dealkylation sites (tertiary alicyclic amines) is 1. The van der Waals surface area contributed by atoms with E-state index in [0.717, 1.165) is 5.56 Å². The van der Waals surface area contributed by atoms with Gasteiger partial charge in [0.05, 0.1) is 24.6 Å². The lowest BCUT2D eigenvalue weighted by Gasteiger charge is -2.32. The van der Waals surface area contributed by atoms with Crippen molar-refractivity contribution in [2.24, 2.45) is 5.92 Å². The Bertz CT molecular complexity index is 709. The highest BCUT2D eigenvalue weighted by Gasteiger charge is 2.28. The minimum absolute atomic E-state index is 0.0471. The normalized spacial score (nSPS) is 16.7. The number of halogens is 1. The Hall–Kier alpha value is -2.28. The number of rotatable bonds is 7. The predicted octanol–water partition coefficient (Wildman–Crippen LogP) is 2.06. The zero-order chi connectivity index (χ0) is 20.0. The minimum atomic E-state index is -0.880. The van der Waals surface area contributed by atoms with Gasteiger partial charge in [-0.25, -0.2) is 0 Å². The number of benzene rings is 1. The average molecular weight is 397 g/mol. The van der Waals surface area contributed by atoms with E-state index in [1.807, 2.05) is 6.07 Å². The topological polar surface area (TPSA) is 87.2 Å². The summed E-state index contributed by atoms with van der Waals surface area (Å²) in [5.41, 5.74) is 0.911. The average Bonchev–Trinajstić information content (AvgIpc) is 2.66. The van der Waals surface area contributed by atoms with Crippen molar-refractivity contribution in [3.8, 4) is 5.75 Å². The third-order valence-corrected chi connectivity index (χ3v) is 5.06. The largest absolute Gasteiger partial charge is 0.495 e. The van der Waals surface area contributed by atoms with Crippen LogP contribution in [-0.4, -0.2) is 66.5 Å². The Morgan fingerprint density at radius 2 is 2.11 bits per heavy atom. The summed E-state index contributed by atoms with van der Waals surface area (Å²) in [6.07, 6.45) is 2.01. The first-order chi connectivity index (χ1) is 12.8. The molecule has 1 aromatic rings. The number of hydrogen-bond donors (Lipinski definition) is 1. The van der Waals surface area contributed by atoms with Crippen molar-refractivity contribution in [2.45, 2.75) is 25.7 Å². The highest BCUT2D eigenvalue weighted by molar-refractivity contribution is 6.32. The molecule has 1 N–H and O–H groups in total. The van der Waals surface area contributed by atoms with Crippen LogP contribution in [0.1, 0.15) is 24.8 Å². The van der Waals surface area contributed by atoms with Gasteiger partial charge in [0.2, 0.25) is 11.8 Å². The third-order valence-electron chi connectivity index (χ3n) is 4.77. The molecule has 148 valence electrons. The van der Waals surface area contributed by atoms with E-state index in [0.29, 0.717) is 36.6 Å². The molecular formula is C19H25ClN2O5. The van der Waals surface area contributed by atoms with E-state index in [-0.39, 0.29) is 31.3 Å². The quantitative estimate of drug-likeness (QED) is 0.762. The zero-order valence-electron chi connectivity index (χ0n) is 15.6. The molecule has 7 nitrogen and oxygen atoms in total. The number of carboxylic acid groups (broad SMARTS) is 1. The molecule has 0 radical (unpaired) electrons. The van der Waals surface area contributed by atoms with E-state index in [4.69, 9.17) is 21.4 Å². The number of ether oxygens (including phenoxy) is 1. The van der Waals surface area contributed by atoms with Crippen LogP contribution in [0, 0.1) is 5.92 Å². The van der Waals surface area contributed by atoms with Crippen molar-refractivity contribution >= 4 is 29.4 Å². The Kier molecular flexibility index (Phi) is 7.47. The molecule has 0 bridgehead atoms. The molecule has 1 aliphatic heterocycles. The molecule has 0 aliphatic carbocycles. The molecule has 2 amide bonds.